The lowest BCUT2D eigenvalue weighted by Gasteiger charge is -2.27. The number of ether oxygens (including phenoxy) is 1. The molecule has 0 amide bonds. The van der Waals surface area contributed by atoms with E-state index in [1.54, 1.807) is 0 Å². The van der Waals surface area contributed by atoms with E-state index in [1.165, 1.54) is 18.6 Å². The number of hydrogen-bond acceptors (Lipinski definition) is 3. The summed E-state index contributed by atoms with van der Waals surface area (Å²) in [5.74, 6) is 2.25. The van der Waals surface area contributed by atoms with Crippen LogP contribution >= 0.6 is 11.8 Å². The molecule has 1 aliphatic heterocycles. The second-order valence-electron chi connectivity index (χ2n) is 3.73. The zero-order chi connectivity index (χ0) is 8.39. The fourth-order valence-corrected chi connectivity index (χ4v) is 2.81. The minimum Gasteiger partial charge on any atom is -0.379 e. The predicted octanol–water partition coefficient (Wildman–Crippen LogP) is 1.12. The van der Waals surface area contributed by atoms with E-state index >= 15 is 0 Å². The quantitative estimate of drug-likeness (QED) is 0.697. The molecule has 1 unspecified atom stereocenters. The van der Waals surface area contributed by atoms with Gasteiger partial charge in [0.15, 0.2) is 0 Å². The standard InChI is InChI=1S/C9H17NOS/c1-10-9(7-2-3-7)6-12-8-4-11-5-8/h7-10H,2-6H2,1H3. The summed E-state index contributed by atoms with van der Waals surface area (Å²) in [4.78, 5) is 0. The Morgan fingerprint density at radius 1 is 1.50 bits per heavy atom. The van der Waals surface area contributed by atoms with Gasteiger partial charge in [0.1, 0.15) is 0 Å². The Morgan fingerprint density at radius 3 is 2.67 bits per heavy atom. The normalized spacial score (nSPS) is 26.8. The van der Waals surface area contributed by atoms with E-state index in [1.807, 2.05) is 0 Å². The summed E-state index contributed by atoms with van der Waals surface area (Å²) in [6.45, 7) is 1.96. The smallest absolute Gasteiger partial charge is 0.0607 e. The molecule has 1 saturated carbocycles. The lowest BCUT2D eigenvalue weighted by Crippen LogP contribution is -2.35. The molecule has 1 atom stereocenters. The lowest BCUT2D eigenvalue weighted by atomic mass is 10.2. The third-order valence-electron chi connectivity index (χ3n) is 2.68. The van der Waals surface area contributed by atoms with Crippen LogP contribution in [-0.2, 0) is 4.74 Å². The fraction of sp³-hybridized carbons (Fsp3) is 1.00. The molecule has 1 heterocycles. The van der Waals surface area contributed by atoms with Gasteiger partial charge in [0.2, 0.25) is 0 Å². The second-order valence-corrected chi connectivity index (χ2v) is 5.06. The summed E-state index contributed by atoms with van der Waals surface area (Å²) in [5.41, 5.74) is 0. The highest BCUT2D eigenvalue weighted by atomic mass is 32.2. The Hall–Kier alpha value is 0.270. The van der Waals surface area contributed by atoms with E-state index in [0.29, 0.717) is 0 Å². The van der Waals surface area contributed by atoms with Crippen LogP contribution in [0, 0.1) is 5.92 Å². The molecule has 3 heteroatoms. The van der Waals surface area contributed by atoms with Crippen LogP contribution in [0.3, 0.4) is 0 Å². The van der Waals surface area contributed by atoms with Crippen molar-refractivity contribution < 1.29 is 4.74 Å². The van der Waals surface area contributed by atoms with Crippen LogP contribution in [0.25, 0.3) is 0 Å². The number of rotatable bonds is 5. The van der Waals surface area contributed by atoms with E-state index in [2.05, 4.69) is 24.1 Å². The van der Waals surface area contributed by atoms with Gasteiger partial charge in [-0.1, -0.05) is 0 Å². The van der Waals surface area contributed by atoms with Crippen molar-refractivity contribution in [1.29, 1.82) is 0 Å². The van der Waals surface area contributed by atoms with E-state index in [0.717, 1.165) is 30.4 Å². The lowest BCUT2D eigenvalue weighted by molar-refractivity contribution is 0.0455. The molecule has 0 aromatic heterocycles. The van der Waals surface area contributed by atoms with E-state index in [4.69, 9.17) is 4.74 Å². The van der Waals surface area contributed by atoms with Crippen LogP contribution in [0.2, 0.25) is 0 Å². The topological polar surface area (TPSA) is 21.3 Å². The molecule has 0 aromatic carbocycles. The first-order chi connectivity index (χ1) is 5.90. The molecular weight excluding hydrogens is 170 g/mol. The van der Waals surface area contributed by atoms with Gasteiger partial charge in [0.25, 0.3) is 0 Å². The highest BCUT2D eigenvalue weighted by molar-refractivity contribution is 8.00. The van der Waals surface area contributed by atoms with Crippen LogP contribution in [-0.4, -0.2) is 37.3 Å². The Labute approximate surface area is 78.4 Å². The van der Waals surface area contributed by atoms with Gasteiger partial charge in [-0.3, -0.25) is 0 Å². The van der Waals surface area contributed by atoms with E-state index in [9.17, 15) is 0 Å². The van der Waals surface area contributed by atoms with Crippen molar-refractivity contribution in [3.8, 4) is 0 Å². The SMILES string of the molecule is CNC(CSC1COC1)C1CC1. The van der Waals surface area contributed by atoms with E-state index in [-0.39, 0.29) is 0 Å². The van der Waals surface area contributed by atoms with Gasteiger partial charge < -0.3 is 10.1 Å². The summed E-state index contributed by atoms with van der Waals surface area (Å²) >= 11 is 2.08. The number of hydrogen-bond donors (Lipinski definition) is 1. The maximum atomic E-state index is 5.14. The van der Waals surface area contributed by atoms with Crippen molar-refractivity contribution in [2.45, 2.75) is 24.1 Å². The molecule has 12 heavy (non-hydrogen) atoms. The van der Waals surface area contributed by atoms with Crippen LogP contribution in [0.1, 0.15) is 12.8 Å². The van der Waals surface area contributed by atoms with Gasteiger partial charge in [0, 0.05) is 11.8 Å². The number of thioether (sulfide) groups is 1. The summed E-state index contributed by atoms with van der Waals surface area (Å²) < 4.78 is 5.14. The van der Waals surface area contributed by atoms with Crippen LogP contribution < -0.4 is 5.32 Å². The molecule has 0 bridgehead atoms. The molecule has 2 rings (SSSR count). The van der Waals surface area contributed by atoms with Crippen molar-refractivity contribution >= 4 is 11.8 Å². The first-order valence-electron chi connectivity index (χ1n) is 4.76. The zero-order valence-electron chi connectivity index (χ0n) is 7.58. The zero-order valence-corrected chi connectivity index (χ0v) is 8.40. The van der Waals surface area contributed by atoms with Crippen LogP contribution in [0.15, 0.2) is 0 Å². The molecule has 1 N–H and O–H groups in total. The molecule has 2 nitrogen and oxygen atoms in total. The summed E-state index contributed by atoms with van der Waals surface area (Å²) in [5, 5.41) is 4.20. The highest BCUT2D eigenvalue weighted by Gasteiger charge is 2.31. The first-order valence-corrected chi connectivity index (χ1v) is 5.81. The summed E-state index contributed by atoms with van der Waals surface area (Å²) in [7, 11) is 2.08. The molecule has 0 aromatic rings. The minimum absolute atomic E-state index is 0.760. The molecule has 2 fully saturated rings. The molecule has 1 saturated heterocycles. The first kappa shape index (κ1) is 8.85. The van der Waals surface area contributed by atoms with Gasteiger partial charge in [-0.15, -0.1) is 0 Å². The van der Waals surface area contributed by atoms with E-state index < -0.39 is 0 Å². The van der Waals surface area contributed by atoms with Gasteiger partial charge in [-0.2, -0.15) is 11.8 Å². The third kappa shape index (κ3) is 2.15. The van der Waals surface area contributed by atoms with Crippen molar-refractivity contribution in [3.63, 3.8) is 0 Å². The van der Waals surface area contributed by atoms with Crippen molar-refractivity contribution in [2.75, 3.05) is 26.0 Å². The average Bonchev–Trinajstić information content (AvgIpc) is 2.77. The molecule has 2 aliphatic rings. The Kier molecular flexibility index (Phi) is 2.94. The third-order valence-corrected chi connectivity index (χ3v) is 3.98. The Bertz CT molecular complexity index is 145. The van der Waals surface area contributed by atoms with Crippen molar-refractivity contribution in [1.82, 2.24) is 5.32 Å². The maximum absolute atomic E-state index is 5.14. The minimum atomic E-state index is 0.760. The van der Waals surface area contributed by atoms with Gasteiger partial charge in [0.05, 0.1) is 18.5 Å². The maximum Gasteiger partial charge on any atom is 0.0607 e. The predicted molar refractivity (Wildman–Crippen MR) is 52.6 cm³/mol. The monoisotopic (exact) mass is 187 g/mol. The molecule has 0 radical (unpaired) electrons. The highest BCUT2D eigenvalue weighted by Crippen LogP contribution is 2.34. The molecule has 70 valence electrons. The summed E-state index contributed by atoms with van der Waals surface area (Å²) in [6, 6.07) is 0.760. The second kappa shape index (κ2) is 3.99. The van der Waals surface area contributed by atoms with Crippen LogP contribution in [0.5, 0.6) is 0 Å². The number of nitrogens with one attached hydrogen (secondary N) is 1. The molecule has 1 aliphatic carbocycles. The molecular formula is C9H17NOS. The van der Waals surface area contributed by atoms with Gasteiger partial charge in [-0.05, 0) is 25.8 Å². The van der Waals surface area contributed by atoms with Gasteiger partial charge >= 0.3 is 0 Å². The average molecular weight is 187 g/mol. The van der Waals surface area contributed by atoms with Crippen LogP contribution in [0.4, 0.5) is 0 Å². The fourth-order valence-electron chi connectivity index (χ4n) is 1.50. The van der Waals surface area contributed by atoms with Crippen molar-refractivity contribution in [3.05, 3.63) is 0 Å². The Morgan fingerprint density at radius 2 is 2.25 bits per heavy atom. The Balaban J connectivity index is 1.62. The van der Waals surface area contributed by atoms with Crippen molar-refractivity contribution in [2.24, 2.45) is 5.92 Å². The summed E-state index contributed by atoms with van der Waals surface area (Å²) in [6.07, 6.45) is 2.88. The molecule has 0 spiro atoms. The van der Waals surface area contributed by atoms with Gasteiger partial charge in [-0.25, -0.2) is 0 Å². The largest absolute Gasteiger partial charge is 0.379 e.